The molecule has 1 atom stereocenters. The first kappa shape index (κ1) is 9.96. The summed E-state index contributed by atoms with van der Waals surface area (Å²) in [7, 11) is 0. The molecule has 1 aromatic rings. The molecule has 0 bridgehead atoms. The summed E-state index contributed by atoms with van der Waals surface area (Å²) >= 11 is 0. The van der Waals surface area contributed by atoms with Crippen molar-refractivity contribution >= 4 is 0 Å². The molecule has 0 aromatic heterocycles. The lowest BCUT2D eigenvalue weighted by molar-refractivity contribution is 0.282. The van der Waals surface area contributed by atoms with Crippen molar-refractivity contribution < 1.29 is 10.2 Å². The molecule has 1 aromatic carbocycles. The molecule has 0 radical (unpaired) electrons. The van der Waals surface area contributed by atoms with Crippen molar-refractivity contribution in [1.29, 1.82) is 0 Å². The van der Waals surface area contributed by atoms with Gasteiger partial charge in [0.2, 0.25) is 0 Å². The van der Waals surface area contributed by atoms with Gasteiger partial charge in [0.25, 0.3) is 0 Å². The number of rotatable bonds is 4. The lowest BCUT2D eigenvalue weighted by Gasteiger charge is -2.08. The van der Waals surface area contributed by atoms with Crippen molar-refractivity contribution in [2.45, 2.75) is 5.92 Å². The van der Waals surface area contributed by atoms with Gasteiger partial charge in [0.15, 0.2) is 0 Å². The largest absolute Gasteiger partial charge is 0.395 e. The van der Waals surface area contributed by atoms with Gasteiger partial charge >= 0.3 is 0 Å². The van der Waals surface area contributed by atoms with Crippen LogP contribution >= 0.6 is 0 Å². The lowest BCUT2D eigenvalue weighted by atomic mass is 10.00. The quantitative estimate of drug-likeness (QED) is 0.682. The minimum atomic E-state index is -0.00616. The Balaban J connectivity index is 2.73. The van der Waals surface area contributed by atoms with E-state index in [4.69, 9.17) is 10.2 Å². The molecule has 0 unspecified atom stereocenters. The number of hydrogen-bond donors (Lipinski definition) is 2. The Morgan fingerprint density at radius 3 is 2.38 bits per heavy atom. The Morgan fingerprint density at radius 1 is 1.15 bits per heavy atom. The molecule has 13 heavy (non-hydrogen) atoms. The number of aliphatic hydroxyl groups excluding tert-OH is 2. The van der Waals surface area contributed by atoms with Gasteiger partial charge in [-0.15, -0.1) is 0 Å². The van der Waals surface area contributed by atoms with E-state index in [0.717, 1.165) is 5.56 Å². The maximum atomic E-state index is 9.07. The molecule has 0 spiro atoms. The lowest BCUT2D eigenvalue weighted by Crippen LogP contribution is -2.00. The standard InChI is InChI=1S/C11H14O2/c12-8-4-7-11(9-13)10-5-2-1-3-6-10/h1-7,11-13H,8-9H2/b7-4-/t11-/m0/s1. The van der Waals surface area contributed by atoms with E-state index in [1.807, 2.05) is 36.4 Å². The predicted octanol–water partition coefficient (Wildman–Crippen LogP) is 1.31. The van der Waals surface area contributed by atoms with Gasteiger partial charge in [-0.05, 0) is 5.56 Å². The van der Waals surface area contributed by atoms with Crippen LogP contribution in [0.4, 0.5) is 0 Å². The zero-order valence-corrected chi connectivity index (χ0v) is 7.43. The highest BCUT2D eigenvalue weighted by Crippen LogP contribution is 2.15. The third-order valence-electron chi connectivity index (χ3n) is 1.90. The van der Waals surface area contributed by atoms with E-state index in [2.05, 4.69) is 0 Å². The van der Waals surface area contributed by atoms with Crippen LogP contribution in [-0.2, 0) is 0 Å². The van der Waals surface area contributed by atoms with Crippen molar-refractivity contribution in [3.8, 4) is 0 Å². The molecular weight excluding hydrogens is 164 g/mol. The van der Waals surface area contributed by atoms with Crippen molar-refractivity contribution in [2.75, 3.05) is 13.2 Å². The van der Waals surface area contributed by atoms with Crippen LogP contribution in [0.25, 0.3) is 0 Å². The van der Waals surface area contributed by atoms with Gasteiger partial charge in [-0.25, -0.2) is 0 Å². The zero-order valence-electron chi connectivity index (χ0n) is 7.43. The minimum Gasteiger partial charge on any atom is -0.395 e. The van der Waals surface area contributed by atoms with E-state index < -0.39 is 0 Å². The Bertz CT molecular complexity index is 254. The van der Waals surface area contributed by atoms with Crippen molar-refractivity contribution in [1.82, 2.24) is 0 Å². The second-order valence-electron chi connectivity index (χ2n) is 2.81. The Hall–Kier alpha value is -1.12. The first-order chi connectivity index (χ1) is 6.38. The summed E-state index contributed by atoms with van der Waals surface area (Å²) in [6, 6.07) is 9.73. The van der Waals surface area contributed by atoms with Crippen LogP contribution in [-0.4, -0.2) is 23.4 Å². The Labute approximate surface area is 78.2 Å². The molecule has 0 aliphatic carbocycles. The third kappa shape index (κ3) is 3.01. The average molecular weight is 178 g/mol. The highest BCUT2D eigenvalue weighted by Gasteiger charge is 2.04. The predicted molar refractivity (Wildman–Crippen MR) is 52.5 cm³/mol. The van der Waals surface area contributed by atoms with Crippen molar-refractivity contribution in [3.63, 3.8) is 0 Å². The second-order valence-corrected chi connectivity index (χ2v) is 2.81. The molecule has 0 aliphatic heterocycles. The first-order valence-corrected chi connectivity index (χ1v) is 4.31. The van der Waals surface area contributed by atoms with Gasteiger partial charge in [0.1, 0.15) is 0 Å². The zero-order chi connectivity index (χ0) is 9.52. The molecule has 2 heteroatoms. The van der Waals surface area contributed by atoms with E-state index >= 15 is 0 Å². The van der Waals surface area contributed by atoms with E-state index in [1.165, 1.54) is 0 Å². The number of benzene rings is 1. The molecule has 0 heterocycles. The highest BCUT2D eigenvalue weighted by atomic mass is 16.3. The summed E-state index contributed by atoms with van der Waals surface area (Å²) in [4.78, 5) is 0. The maximum absolute atomic E-state index is 9.07. The van der Waals surface area contributed by atoms with E-state index in [9.17, 15) is 0 Å². The molecule has 2 nitrogen and oxygen atoms in total. The van der Waals surface area contributed by atoms with Crippen LogP contribution in [0.15, 0.2) is 42.5 Å². The molecule has 0 fully saturated rings. The third-order valence-corrected chi connectivity index (χ3v) is 1.90. The van der Waals surface area contributed by atoms with E-state index in [1.54, 1.807) is 6.08 Å². The second kappa shape index (κ2) is 5.51. The monoisotopic (exact) mass is 178 g/mol. The van der Waals surface area contributed by atoms with Gasteiger partial charge in [-0.1, -0.05) is 42.5 Å². The van der Waals surface area contributed by atoms with Crippen LogP contribution in [0, 0.1) is 0 Å². The van der Waals surface area contributed by atoms with Crippen LogP contribution in [0.3, 0.4) is 0 Å². The van der Waals surface area contributed by atoms with Gasteiger partial charge in [-0.3, -0.25) is 0 Å². The van der Waals surface area contributed by atoms with Crippen LogP contribution in [0.5, 0.6) is 0 Å². The summed E-state index contributed by atoms with van der Waals surface area (Å²) in [5.41, 5.74) is 1.06. The van der Waals surface area contributed by atoms with Gasteiger partial charge in [0, 0.05) is 5.92 Å². The fourth-order valence-corrected chi connectivity index (χ4v) is 1.20. The van der Waals surface area contributed by atoms with Gasteiger partial charge in [-0.2, -0.15) is 0 Å². The van der Waals surface area contributed by atoms with E-state index in [-0.39, 0.29) is 19.1 Å². The fourth-order valence-electron chi connectivity index (χ4n) is 1.20. The van der Waals surface area contributed by atoms with Crippen molar-refractivity contribution in [3.05, 3.63) is 48.0 Å². The Morgan fingerprint density at radius 2 is 1.85 bits per heavy atom. The number of hydrogen-bond acceptors (Lipinski definition) is 2. The molecule has 0 saturated carbocycles. The van der Waals surface area contributed by atoms with Crippen LogP contribution < -0.4 is 0 Å². The van der Waals surface area contributed by atoms with E-state index in [0.29, 0.717) is 0 Å². The van der Waals surface area contributed by atoms with Gasteiger partial charge in [0.05, 0.1) is 13.2 Å². The summed E-state index contributed by atoms with van der Waals surface area (Å²) < 4.78 is 0. The normalized spacial score (nSPS) is 13.4. The summed E-state index contributed by atoms with van der Waals surface area (Å²) in [6.45, 7) is 0.0871. The molecule has 0 amide bonds. The molecule has 0 aliphatic rings. The molecule has 1 rings (SSSR count). The Kier molecular flexibility index (Phi) is 4.23. The molecular formula is C11H14O2. The van der Waals surface area contributed by atoms with Crippen LogP contribution in [0.1, 0.15) is 11.5 Å². The maximum Gasteiger partial charge on any atom is 0.0612 e. The van der Waals surface area contributed by atoms with Crippen LogP contribution in [0.2, 0.25) is 0 Å². The fraction of sp³-hybridized carbons (Fsp3) is 0.273. The molecule has 70 valence electrons. The summed E-state index contributed by atoms with van der Waals surface area (Å²) in [5, 5.41) is 17.7. The first-order valence-electron chi connectivity index (χ1n) is 4.31. The average Bonchev–Trinajstić information content (AvgIpc) is 2.21. The molecule has 2 N–H and O–H groups in total. The smallest absolute Gasteiger partial charge is 0.0612 e. The SMILES string of the molecule is OC/C=C\[C@@H](CO)c1ccccc1. The minimum absolute atomic E-state index is 0.00616. The summed E-state index contributed by atoms with van der Waals surface area (Å²) in [5.74, 6) is -0.00616. The van der Waals surface area contributed by atoms with Gasteiger partial charge < -0.3 is 10.2 Å². The topological polar surface area (TPSA) is 40.5 Å². The number of aliphatic hydroxyl groups is 2. The molecule has 0 saturated heterocycles. The summed E-state index contributed by atoms with van der Waals surface area (Å²) in [6.07, 6.45) is 3.46. The van der Waals surface area contributed by atoms with Crippen molar-refractivity contribution in [2.24, 2.45) is 0 Å². The highest BCUT2D eigenvalue weighted by molar-refractivity contribution is 5.23.